The molecule has 13 heavy (non-hydrogen) atoms. The molecular weight excluding hydrogens is 170 g/mol. The molecule has 0 atom stereocenters. The number of hydrogen-bond acceptors (Lipinski definition) is 3. The lowest BCUT2D eigenvalue weighted by Gasteiger charge is -2.05. The van der Waals surface area contributed by atoms with E-state index in [0.29, 0.717) is 17.0 Å². The van der Waals surface area contributed by atoms with Gasteiger partial charge in [-0.05, 0) is 17.7 Å². The summed E-state index contributed by atoms with van der Waals surface area (Å²) in [5, 5.41) is 8.53. The van der Waals surface area contributed by atoms with E-state index >= 15 is 0 Å². The molecular formula is C9H11NO3. The van der Waals surface area contributed by atoms with Crippen LogP contribution in [-0.4, -0.2) is 18.2 Å². The van der Waals surface area contributed by atoms with E-state index in [1.165, 1.54) is 7.11 Å². The van der Waals surface area contributed by atoms with Crippen molar-refractivity contribution >= 4 is 11.7 Å². The fourth-order valence-corrected chi connectivity index (χ4v) is 1.04. The highest BCUT2D eigenvalue weighted by Gasteiger charge is 2.04. The first-order valence-corrected chi connectivity index (χ1v) is 3.77. The van der Waals surface area contributed by atoms with Crippen molar-refractivity contribution in [1.82, 2.24) is 0 Å². The van der Waals surface area contributed by atoms with E-state index in [-0.39, 0.29) is 6.42 Å². The minimum atomic E-state index is -0.869. The van der Waals surface area contributed by atoms with E-state index in [2.05, 4.69) is 0 Å². The van der Waals surface area contributed by atoms with E-state index in [9.17, 15) is 4.79 Å². The van der Waals surface area contributed by atoms with Crippen LogP contribution in [0.4, 0.5) is 5.69 Å². The highest BCUT2D eigenvalue weighted by atomic mass is 16.5. The number of anilines is 1. The maximum absolute atomic E-state index is 10.4. The first-order chi connectivity index (χ1) is 6.13. The predicted octanol–water partition coefficient (Wildman–Crippen LogP) is 0.905. The third-order valence-corrected chi connectivity index (χ3v) is 1.65. The van der Waals surface area contributed by atoms with Gasteiger partial charge >= 0.3 is 5.97 Å². The first-order valence-electron chi connectivity index (χ1n) is 3.77. The second kappa shape index (κ2) is 3.80. The minimum Gasteiger partial charge on any atom is -0.495 e. The highest BCUT2D eigenvalue weighted by molar-refractivity contribution is 5.71. The summed E-state index contributed by atoms with van der Waals surface area (Å²) in [4.78, 5) is 10.4. The van der Waals surface area contributed by atoms with Gasteiger partial charge < -0.3 is 15.6 Å². The van der Waals surface area contributed by atoms with Gasteiger partial charge in [-0.15, -0.1) is 0 Å². The van der Waals surface area contributed by atoms with E-state index in [1.807, 2.05) is 0 Å². The number of benzene rings is 1. The van der Waals surface area contributed by atoms with Gasteiger partial charge in [-0.3, -0.25) is 4.79 Å². The standard InChI is InChI=1S/C9H11NO3/c1-13-8-4-6(5-9(11)12)2-3-7(8)10/h2-4H,5,10H2,1H3,(H,11,12). The van der Waals surface area contributed by atoms with Crippen LogP contribution in [0.1, 0.15) is 5.56 Å². The lowest BCUT2D eigenvalue weighted by Crippen LogP contribution is -2.01. The quantitative estimate of drug-likeness (QED) is 0.679. The molecule has 0 aromatic heterocycles. The summed E-state index contributed by atoms with van der Waals surface area (Å²) in [6.07, 6.45) is -0.0172. The predicted molar refractivity (Wildman–Crippen MR) is 48.7 cm³/mol. The smallest absolute Gasteiger partial charge is 0.307 e. The number of nitrogen functional groups attached to an aromatic ring is 1. The van der Waals surface area contributed by atoms with Gasteiger partial charge in [-0.2, -0.15) is 0 Å². The Balaban J connectivity index is 2.92. The lowest BCUT2D eigenvalue weighted by atomic mass is 10.1. The molecule has 0 bridgehead atoms. The molecule has 0 amide bonds. The number of carboxylic acids is 1. The van der Waals surface area contributed by atoms with Crippen LogP contribution in [0.2, 0.25) is 0 Å². The summed E-state index contributed by atoms with van der Waals surface area (Å²) >= 11 is 0. The summed E-state index contributed by atoms with van der Waals surface area (Å²) in [6, 6.07) is 4.94. The molecule has 0 saturated carbocycles. The number of hydrogen-bond donors (Lipinski definition) is 2. The van der Waals surface area contributed by atoms with Crippen molar-refractivity contribution in [3.05, 3.63) is 23.8 Å². The molecule has 4 nitrogen and oxygen atoms in total. The SMILES string of the molecule is COc1cc(CC(=O)O)ccc1N. The van der Waals surface area contributed by atoms with E-state index < -0.39 is 5.97 Å². The first kappa shape index (κ1) is 9.38. The van der Waals surface area contributed by atoms with Crippen LogP contribution in [0.15, 0.2) is 18.2 Å². The molecule has 70 valence electrons. The summed E-state index contributed by atoms with van der Waals surface area (Å²) in [5.41, 5.74) is 6.75. The number of aliphatic carboxylic acids is 1. The second-order valence-corrected chi connectivity index (χ2v) is 2.65. The van der Waals surface area contributed by atoms with Crippen molar-refractivity contribution in [3.63, 3.8) is 0 Å². The third kappa shape index (κ3) is 2.37. The third-order valence-electron chi connectivity index (χ3n) is 1.65. The van der Waals surface area contributed by atoms with Crippen LogP contribution in [0.25, 0.3) is 0 Å². The zero-order valence-electron chi connectivity index (χ0n) is 7.28. The van der Waals surface area contributed by atoms with Crippen LogP contribution in [-0.2, 0) is 11.2 Å². The van der Waals surface area contributed by atoms with Gasteiger partial charge in [0.1, 0.15) is 5.75 Å². The highest BCUT2D eigenvalue weighted by Crippen LogP contribution is 2.22. The topological polar surface area (TPSA) is 72.5 Å². The molecule has 0 heterocycles. The van der Waals surface area contributed by atoms with Gasteiger partial charge in [-0.1, -0.05) is 6.07 Å². The molecule has 0 aliphatic rings. The monoisotopic (exact) mass is 181 g/mol. The molecule has 0 aliphatic heterocycles. The van der Waals surface area contributed by atoms with Gasteiger partial charge in [0.15, 0.2) is 0 Å². The van der Waals surface area contributed by atoms with Crippen molar-refractivity contribution in [2.45, 2.75) is 6.42 Å². The normalized spacial score (nSPS) is 9.62. The Kier molecular flexibility index (Phi) is 2.74. The van der Waals surface area contributed by atoms with Crippen LogP contribution >= 0.6 is 0 Å². The van der Waals surface area contributed by atoms with Crippen LogP contribution < -0.4 is 10.5 Å². The van der Waals surface area contributed by atoms with E-state index in [1.54, 1.807) is 18.2 Å². The van der Waals surface area contributed by atoms with E-state index in [0.717, 1.165) is 0 Å². The Morgan fingerprint density at radius 3 is 2.85 bits per heavy atom. The van der Waals surface area contributed by atoms with Crippen molar-refractivity contribution in [3.8, 4) is 5.75 Å². The fraction of sp³-hybridized carbons (Fsp3) is 0.222. The Labute approximate surface area is 75.9 Å². The van der Waals surface area contributed by atoms with Crippen molar-refractivity contribution in [2.24, 2.45) is 0 Å². The Morgan fingerprint density at radius 2 is 2.31 bits per heavy atom. The maximum Gasteiger partial charge on any atom is 0.307 e. The van der Waals surface area contributed by atoms with Crippen molar-refractivity contribution < 1.29 is 14.6 Å². The molecule has 0 spiro atoms. The Bertz CT molecular complexity index is 323. The largest absolute Gasteiger partial charge is 0.495 e. The fourth-order valence-electron chi connectivity index (χ4n) is 1.04. The summed E-state index contributed by atoms with van der Waals surface area (Å²) in [6.45, 7) is 0. The van der Waals surface area contributed by atoms with Crippen molar-refractivity contribution in [1.29, 1.82) is 0 Å². The molecule has 4 heteroatoms. The molecule has 1 aromatic carbocycles. The number of carboxylic acid groups (broad SMARTS) is 1. The minimum absolute atomic E-state index is 0.0172. The number of methoxy groups -OCH3 is 1. The van der Waals surface area contributed by atoms with E-state index in [4.69, 9.17) is 15.6 Å². The van der Waals surface area contributed by atoms with Crippen LogP contribution in [0.5, 0.6) is 5.75 Å². The Morgan fingerprint density at radius 1 is 1.62 bits per heavy atom. The van der Waals surface area contributed by atoms with Gasteiger partial charge in [0.2, 0.25) is 0 Å². The zero-order valence-corrected chi connectivity index (χ0v) is 7.28. The van der Waals surface area contributed by atoms with Crippen LogP contribution in [0.3, 0.4) is 0 Å². The summed E-state index contributed by atoms with van der Waals surface area (Å²) in [5.74, 6) is -0.356. The molecule has 1 rings (SSSR count). The van der Waals surface area contributed by atoms with Gasteiger partial charge in [0, 0.05) is 0 Å². The lowest BCUT2D eigenvalue weighted by molar-refractivity contribution is -0.136. The van der Waals surface area contributed by atoms with Gasteiger partial charge in [0.25, 0.3) is 0 Å². The summed E-state index contributed by atoms with van der Waals surface area (Å²) in [7, 11) is 1.50. The number of carbonyl (C=O) groups is 1. The molecule has 0 unspecified atom stereocenters. The molecule has 0 fully saturated rings. The Hall–Kier alpha value is -1.71. The van der Waals surface area contributed by atoms with Crippen molar-refractivity contribution in [2.75, 3.05) is 12.8 Å². The maximum atomic E-state index is 10.4. The average molecular weight is 181 g/mol. The molecule has 0 radical (unpaired) electrons. The average Bonchev–Trinajstić information content (AvgIpc) is 2.07. The summed E-state index contributed by atoms with van der Waals surface area (Å²) < 4.78 is 4.95. The second-order valence-electron chi connectivity index (χ2n) is 2.65. The number of ether oxygens (including phenoxy) is 1. The molecule has 1 aromatic rings. The molecule has 3 N–H and O–H groups in total. The molecule has 0 aliphatic carbocycles. The zero-order chi connectivity index (χ0) is 9.84. The number of nitrogens with two attached hydrogens (primary N) is 1. The van der Waals surface area contributed by atoms with Crippen LogP contribution in [0, 0.1) is 0 Å². The van der Waals surface area contributed by atoms with Gasteiger partial charge in [-0.25, -0.2) is 0 Å². The van der Waals surface area contributed by atoms with Gasteiger partial charge in [0.05, 0.1) is 19.2 Å². The molecule has 0 saturated heterocycles. The number of rotatable bonds is 3.